The van der Waals surface area contributed by atoms with Gasteiger partial charge in [0.2, 0.25) is 0 Å². The molecule has 13 nitrogen and oxygen atoms in total. The average molecular weight is 757 g/mol. The van der Waals surface area contributed by atoms with E-state index in [0.29, 0.717) is 30.1 Å². The average Bonchev–Trinajstić information content (AvgIpc) is 3.45. The number of hydrogen-bond donors (Lipinski definition) is 9. The number of aliphatic hydroxyl groups excluding tert-OH is 9. The van der Waals surface area contributed by atoms with E-state index in [-0.39, 0.29) is 41.3 Å². The molecule has 6 fully saturated rings. The fourth-order valence-corrected chi connectivity index (χ4v) is 12.2. The molecule has 0 bridgehead atoms. The SMILES string of the molecule is C=C(CC[C@@H](C)[C@H]1[C@@H](O)C[C@H]2[C@@H]3CC[C@H]4C[C@@H](O[C@@H]5O[C@H](CO)[C@H](O)[C@H](O)[C@H]5O[C@@H]5O[C@H](CO)[C@@H](O)[C@H](O)[C@H]5O)CC[C@]4(C)[C@H]3CC[C@]12CO)C(C)C. The lowest BCUT2D eigenvalue weighted by Gasteiger charge is -2.61. The Balaban J connectivity index is 1.14. The highest BCUT2D eigenvalue weighted by Crippen LogP contribution is 2.68. The van der Waals surface area contributed by atoms with Crippen LogP contribution in [0.2, 0.25) is 0 Å². The normalized spacial score (nSPS) is 50.6. The lowest BCUT2D eigenvalue weighted by Crippen LogP contribution is -2.65. The van der Waals surface area contributed by atoms with Crippen molar-refractivity contribution in [3.8, 4) is 0 Å². The topological polar surface area (TPSA) is 219 Å². The molecule has 2 heterocycles. The third-order valence-electron chi connectivity index (χ3n) is 15.4. The Kier molecular flexibility index (Phi) is 13.1. The summed E-state index contributed by atoms with van der Waals surface area (Å²) in [6, 6.07) is 0. The zero-order valence-corrected chi connectivity index (χ0v) is 32.0. The molecule has 0 aromatic carbocycles. The monoisotopic (exact) mass is 756 g/mol. The van der Waals surface area contributed by atoms with Crippen LogP contribution >= 0.6 is 0 Å². The number of aliphatic hydroxyl groups is 9. The molecule has 9 N–H and O–H groups in total. The van der Waals surface area contributed by atoms with Crippen LogP contribution in [-0.2, 0) is 18.9 Å². The van der Waals surface area contributed by atoms with E-state index in [1.54, 1.807) is 0 Å². The van der Waals surface area contributed by atoms with E-state index in [2.05, 4.69) is 34.3 Å². The lowest BCUT2D eigenvalue weighted by atomic mass is 9.44. The standard InChI is InChI=1S/C40H68O13/c1-19(2)20(3)6-7-21(4)30-27(44)15-26-24-9-8-22-14-23(10-12-39(22,5)25(24)11-13-40(26,30)18-43)50-38-36(34(48)32(46)29(17-42)52-38)53-37-35(49)33(47)31(45)28(16-41)51-37/h19,21-38,41-49H,3,6-18H2,1-2,4-5H3/t21-,22+,23+,24-,25+,26+,27+,28-,29-,30+,31-,32+,33+,34+,35-,36-,37+,38-,39+,40-/m1/s1. The van der Waals surface area contributed by atoms with Gasteiger partial charge in [-0.25, -0.2) is 0 Å². The maximum absolute atomic E-state index is 11.6. The van der Waals surface area contributed by atoms with Crippen molar-refractivity contribution in [1.29, 1.82) is 0 Å². The Morgan fingerprint density at radius 1 is 0.755 bits per heavy atom. The van der Waals surface area contributed by atoms with Gasteiger partial charge in [-0.05, 0) is 111 Å². The number of allylic oxidation sites excluding steroid dienone is 1. The van der Waals surface area contributed by atoms with Crippen molar-refractivity contribution in [3.63, 3.8) is 0 Å². The van der Waals surface area contributed by atoms with Crippen LogP contribution in [-0.4, -0.2) is 139 Å². The zero-order chi connectivity index (χ0) is 38.6. The van der Waals surface area contributed by atoms with Crippen molar-refractivity contribution in [2.45, 2.75) is 166 Å². The Labute approximate surface area is 314 Å². The van der Waals surface area contributed by atoms with E-state index < -0.39 is 80.7 Å². The van der Waals surface area contributed by atoms with Gasteiger partial charge in [-0.1, -0.05) is 39.8 Å². The molecule has 0 spiro atoms. The summed E-state index contributed by atoms with van der Waals surface area (Å²) in [4.78, 5) is 0. The summed E-state index contributed by atoms with van der Waals surface area (Å²) in [7, 11) is 0. The Hall–Kier alpha value is -0.780. The summed E-state index contributed by atoms with van der Waals surface area (Å²) in [6.07, 6.45) is -6.67. The third kappa shape index (κ3) is 7.55. The molecule has 306 valence electrons. The molecule has 0 radical (unpaired) electrons. The van der Waals surface area contributed by atoms with E-state index in [9.17, 15) is 46.0 Å². The first-order valence-electron chi connectivity index (χ1n) is 20.3. The van der Waals surface area contributed by atoms with Crippen molar-refractivity contribution in [1.82, 2.24) is 0 Å². The molecule has 53 heavy (non-hydrogen) atoms. The van der Waals surface area contributed by atoms with Crippen molar-refractivity contribution in [3.05, 3.63) is 12.2 Å². The van der Waals surface area contributed by atoms with Gasteiger partial charge >= 0.3 is 0 Å². The van der Waals surface area contributed by atoms with Crippen molar-refractivity contribution >= 4 is 0 Å². The third-order valence-corrected chi connectivity index (χ3v) is 15.4. The van der Waals surface area contributed by atoms with E-state index >= 15 is 0 Å². The summed E-state index contributed by atoms with van der Waals surface area (Å²) in [5, 5.41) is 95.3. The molecule has 4 saturated carbocycles. The molecule has 4 aliphatic carbocycles. The van der Waals surface area contributed by atoms with E-state index in [0.717, 1.165) is 57.8 Å². The Morgan fingerprint density at radius 2 is 1.42 bits per heavy atom. The van der Waals surface area contributed by atoms with Crippen molar-refractivity contribution in [2.24, 2.45) is 52.3 Å². The molecular formula is C40H68O13. The summed E-state index contributed by atoms with van der Waals surface area (Å²) in [6.45, 7) is 12.1. The molecule has 0 unspecified atom stereocenters. The molecule has 0 aromatic rings. The first kappa shape index (κ1) is 41.8. The molecule has 13 heteroatoms. The molecule has 2 aliphatic heterocycles. The first-order chi connectivity index (χ1) is 25.1. The smallest absolute Gasteiger partial charge is 0.187 e. The van der Waals surface area contributed by atoms with Gasteiger partial charge in [0.15, 0.2) is 12.6 Å². The van der Waals surface area contributed by atoms with Crippen LogP contribution in [0.25, 0.3) is 0 Å². The minimum atomic E-state index is -1.73. The highest BCUT2D eigenvalue weighted by atomic mass is 16.8. The summed E-state index contributed by atoms with van der Waals surface area (Å²) >= 11 is 0. The van der Waals surface area contributed by atoms with Crippen LogP contribution in [0.5, 0.6) is 0 Å². The summed E-state index contributed by atoms with van der Waals surface area (Å²) in [5.74, 6) is 2.27. The van der Waals surface area contributed by atoms with E-state index in [1.807, 2.05) is 0 Å². The maximum atomic E-state index is 11.6. The number of ether oxygens (including phenoxy) is 4. The van der Waals surface area contributed by atoms with Gasteiger partial charge < -0.3 is 64.9 Å². The van der Waals surface area contributed by atoms with Crippen molar-refractivity contribution in [2.75, 3.05) is 19.8 Å². The van der Waals surface area contributed by atoms with Crippen LogP contribution in [0, 0.1) is 52.3 Å². The number of fused-ring (bicyclic) bond motifs is 5. The zero-order valence-electron chi connectivity index (χ0n) is 32.0. The van der Waals surface area contributed by atoms with Gasteiger partial charge in [-0.3, -0.25) is 0 Å². The minimum Gasteiger partial charge on any atom is -0.396 e. The predicted octanol–water partition coefficient (Wildman–Crippen LogP) is 1.23. The van der Waals surface area contributed by atoms with Gasteiger partial charge in [0.1, 0.15) is 48.8 Å². The van der Waals surface area contributed by atoms with Crippen LogP contribution < -0.4 is 0 Å². The molecular weight excluding hydrogens is 688 g/mol. The Bertz CT molecular complexity index is 1230. The van der Waals surface area contributed by atoms with Gasteiger partial charge in [-0.15, -0.1) is 0 Å². The van der Waals surface area contributed by atoms with Gasteiger partial charge in [0.05, 0.1) is 25.4 Å². The summed E-state index contributed by atoms with van der Waals surface area (Å²) in [5.41, 5.74) is 1.00. The van der Waals surface area contributed by atoms with Crippen LogP contribution in [0.1, 0.15) is 91.9 Å². The van der Waals surface area contributed by atoms with Crippen LogP contribution in [0.3, 0.4) is 0 Å². The van der Waals surface area contributed by atoms with Crippen molar-refractivity contribution < 1.29 is 64.9 Å². The molecule has 6 rings (SSSR count). The largest absolute Gasteiger partial charge is 0.396 e. The number of rotatable bonds is 12. The fraction of sp³-hybridized carbons (Fsp3) is 0.950. The maximum Gasteiger partial charge on any atom is 0.187 e. The highest BCUT2D eigenvalue weighted by Gasteiger charge is 2.64. The quantitative estimate of drug-likeness (QED) is 0.101. The minimum absolute atomic E-state index is 0.0387. The lowest BCUT2D eigenvalue weighted by molar-refractivity contribution is -0.373. The molecule has 0 amide bonds. The number of hydrogen-bond acceptors (Lipinski definition) is 13. The highest BCUT2D eigenvalue weighted by molar-refractivity contribution is 5.13. The van der Waals surface area contributed by atoms with Gasteiger partial charge in [0.25, 0.3) is 0 Å². The second-order valence-electron chi connectivity index (χ2n) is 18.3. The second-order valence-corrected chi connectivity index (χ2v) is 18.3. The molecule has 2 saturated heterocycles. The summed E-state index contributed by atoms with van der Waals surface area (Å²) < 4.78 is 23.9. The van der Waals surface area contributed by atoms with E-state index in [4.69, 9.17) is 18.9 Å². The first-order valence-corrected chi connectivity index (χ1v) is 20.3. The molecule has 0 aromatic heterocycles. The van der Waals surface area contributed by atoms with Crippen LogP contribution in [0.4, 0.5) is 0 Å². The van der Waals surface area contributed by atoms with Gasteiger partial charge in [0, 0.05) is 12.0 Å². The van der Waals surface area contributed by atoms with E-state index in [1.165, 1.54) is 5.57 Å². The molecule has 6 aliphatic rings. The Morgan fingerprint density at radius 3 is 2.06 bits per heavy atom. The van der Waals surface area contributed by atoms with Crippen LogP contribution in [0.15, 0.2) is 12.2 Å². The predicted molar refractivity (Wildman–Crippen MR) is 192 cm³/mol. The second kappa shape index (κ2) is 16.6. The molecule has 20 atom stereocenters. The van der Waals surface area contributed by atoms with Gasteiger partial charge in [-0.2, -0.15) is 0 Å². The fourth-order valence-electron chi connectivity index (χ4n) is 12.2.